The maximum atomic E-state index is 12.1. The van der Waals surface area contributed by atoms with Crippen LogP contribution in [0.15, 0.2) is 18.2 Å². The summed E-state index contributed by atoms with van der Waals surface area (Å²) in [5, 5.41) is 4.07. The predicted molar refractivity (Wildman–Crippen MR) is 82.1 cm³/mol. The van der Waals surface area contributed by atoms with E-state index in [4.69, 9.17) is 23.2 Å². The zero-order valence-electron chi connectivity index (χ0n) is 11.4. The summed E-state index contributed by atoms with van der Waals surface area (Å²) >= 11 is 12.1. The largest absolute Gasteiger partial charge is 0.374 e. The number of anilines is 1. The Labute approximate surface area is 124 Å². The standard InChI is InChI=1S/C14H20Cl2N2O/c1-3-8-18(9-4-2)13(19)10-17-14-11(15)6-5-7-12(14)16/h5-7,17H,3-4,8-10H2,1-2H3. The van der Waals surface area contributed by atoms with E-state index < -0.39 is 0 Å². The lowest BCUT2D eigenvalue weighted by molar-refractivity contribution is -0.129. The molecule has 0 aromatic heterocycles. The van der Waals surface area contributed by atoms with Gasteiger partial charge in [-0.15, -0.1) is 0 Å². The maximum absolute atomic E-state index is 12.1. The van der Waals surface area contributed by atoms with Gasteiger partial charge in [-0.3, -0.25) is 4.79 Å². The summed E-state index contributed by atoms with van der Waals surface area (Å²) in [6, 6.07) is 5.27. The van der Waals surface area contributed by atoms with Crippen molar-refractivity contribution in [3.63, 3.8) is 0 Å². The number of halogens is 2. The molecule has 0 aliphatic rings. The van der Waals surface area contributed by atoms with E-state index in [-0.39, 0.29) is 12.5 Å². The van der Waals surface area contributed by atoms with Crippen LogP contribution in [0.3, 0.4) is 0 Å². The van der Waals surface area contributed by atoms with Crippen LogP contribution in [0.25, 0.3) is 0 Å². The van der Waals surface area contributed by atoms with Crippen LogP contribution in [0.1, 0.15) is 26.7 Å². The SMILES string of the molecule is CCCN(CCC)C(=O)CNc1c(Cl)cccc1Cl. The molecule has 1 aromatic rings. The number of rotatable bonds is 7. The first-order chi connectivity index (χ1) is 9.10. The summed E-state index contributed by atoms with van der Waals surface area (Å²) in [5.74, 6) is 0.0692. The minimum absolute atomic E-state index is 0.0692. The van der Waals surface area contributed by atoms with Crippen molar-refractivity contribution >= 4 is 34.8 Å². The normalized spacial score (nSPS) is 10.3. The summed E-state index contributed by atoms with van der Waals surface area (Å²) in [7, 11) is 0. The van der Waals surface area contributed by atoms with Gasteiger partial charge in [0.15, 0.2) is 0 Å². The molecule has 1 amide bonds. The molecular weight excluding hydrogens is 283 g/mol. The van der Waals surface area contributed by atoms with E-state index in [0.29, 0.717) is 15.7 Å². The lowest BCUT2D eigenvalue weighted by atomic mass is 10.3. The molecule has 1 aromatic carbocycles. The van der Waals surface area contributed by atoms with Crippen molar-refractivity contribution in [3.05, 3.63) is 28.2 Å². The second-order valence-corrected chi connectivity index (χ2v) is 5.15. The Balaban J connectivity index is 2.62. The Morgan fingerprint density at radius 2 is 1.68 bits per heavy atom. The molecule has 0 aliphatic carbocycles. The Bertz CT molecular complexity index is 398. The molecule has 0 fully saturated rings. The van der Waals surface area contributed by atoms with Crippen LogP contribution in [0.5, 0.6) is 0 Å². The lowest BCUT2D eigenvalue weighted by Crippen LogP contribution is -2.36. The molecule has 0 aliphatic heterocycles. The highest BCUT2D eigenvalue weighted by Gasteiger charge is 2.13. The first-order valence-electron chi connectivity index (χ1n) is 6.55. The summed E-state index contributed by atoms with van der Waals surface area (Å²) in [5.41, 5.74) is 0.618. The molecule has 1 rings (SSSR count). The van der Waals surface area contributed by atoms with Crippen LogP contribution >= 0.6 is 23.2 Å². The first kappa shape index (κ1) is 16.1. The highest BCUT2D eigenvalue weighted by Crippen LogP contribution is 2.29. The van der Waals surface area contributed by atoms with Gasteiger partial charge in [0.1, 0.15) is 0 Å². The average Bonchev–Trinajstić information content (AvgIpc) is 2.37. The number of carbonyl (C=O) groups is 1. The smallest absolute Gasteiger partial charge is 0.241 e. The Morgan fingerprint density at radius 3 is 2.16 bits per heavy atom. The van der Waals surface area contributed by atoms with E-state index in [0.717, 1.165) is 25.9 Å². The summed E-state index contributed by atoms with van der Waals surface area (Å²) in [6.07, 6.45) is 1.91. The molecule has 0 saturated carbocycles. The molecule has 106 valence electrons. The molecule has 0 unspecified atom stereocenters. The van der Waals surface area contributed by atoms with Gasteiger partial charge >= 0.3 is 0 Å². The fourth-order valence-corrected chi connectivity index (χ4v) is 2.37. The summed E-state index contributed by atoms with van der Waals surface area (Å²) in [4.78, 5) is 14.0. The van der Waals surface area contributed by atoms with Gasteiger partial charge < -0.3 is 10.2 Å². The van der Waals surface area contributed by atoms with E-state index in [1.807, 2.05) is 4.90 Å². The molecule has 3 nitrogen and oxygen atoms in total. The van der Waals surface area contributed by atoms with E-state index in [9.17, 15) is 4.79 Å². The first-order valence-corrected chi connectivity index (χ1v) is 7.31. The van der Waals surface area contributed by atoms with Crippen molar-refractivity contribution in [3.8, 4) is 0 Å². The zero-order chi connectivity index (χ0) is 14.3. The Morgan fingerprint density at radius 1 is 1.16 bits per heavy atom. The molecule has 0 radical (unpaired) electrons. The molecule has 0 bridgehead atoms. The summed E-state index contributed by atoms with van der Waals surface area (Å²) in [6.45, 7) is 5.90. The van der Waals surface area contributed by atoms with Gasteiger partial charge in [-0.1, -0.05) is 43.1 Å². The zero-order valence-corrected chi connectivity index (χ0v) is 12.9. The number of benzene rings is 1. The van der Waals surface area contributed by atoms with Crippen LogP contribution in [0, 0.1) is 0 Å². The number of nitrogens with one attached hydrogen (secondary N) is 1. The van der Waals surface area contributed by atoms with Gasteiger partial charge in [-0.2, -0.15) is 0 Å². The van der Waals surface area contributed by atoms with Crippen molar-refractivity contribution in [2.45, 2.75) is 26.7 Å². The van der Waals surface area contributed by atoms with Gasteiger partial charge in [0.2, 0.25) is 5.91 Å². The molecule has 0 heterocycles. The number of nitrogens with zero attached hydrogens (tertiary/aromatic N) is 1. The van der Waals surface area contributed by atoms with Crippen molar-refractivity contribution in [1.82, 2.24) is 4.90 Å². The third-order valence-corrected chi connectivity index (χ3v) is 3.35. The minimum Gasteiger partial charge on any atom is -0.374 e. The van der Waals surface area contributed by atoms with Crippen molar-refractivity contribution in [1.29, 1.82) is 0 Å². The number of para-hydroxylation sites is 1. The predicted octanol–water partition coefficient (Wildman–Crippen LogP) is 4.05. The molecule has 0 spiro atoms. The monoisotopic (exact) mass is 302 g/mol. The number of carbonyl (C=O) groups excluding carboxylic acids is 1. The summed E-state index contributed by atoms with van der Waals surface area (Å²) < 4.78 is 0. The number of amides is 1. The molecular formula is C14H20Cl2N2O. The van der Waals surface area contributed by atoms with Crippen molar-refractivity contribution < 1.29 is 4.79 Å². The molecule has 0 saturated heterocycles. The molecule has 5 heteroatoms. The van der Waals surface area contributed by atoms with Gasteiger partial charge in [0.05, 0.1) is 22.3 Å². The van der Waals surface area contributed by atoms with Crippen LogP contribution in [-0.4, -0.2) is 30.4 Å². The average molecular weight is 303 g/mol. The Kier molecular flexibility index (Phi) is 7.03. The molecule has 0 atom stereocenters. The van der Waals surface area contributed by atoms with E-state index in [1.54, 1.807) is 18.2 Å². The highest BCUT2D eigenvalue weighted by molar-refractivity contribution is 6.39. The van der Waals surface area contributed by atoms with Crippen LogP contribution in [-0.2, 0) is 4.79 Å². The lowest BCUT2D eigenvalue weighted by Gasteiger charge is -2.22. The quantitative estimate of drug-likeness (QED) is 0.824. The fourth-order valence-electron chi connectivity index (χ4n) is 1.84. The fraction of sp³-hybridized carbons (Fsp3) is 0.500. The van der Waals surface area contributed by atoms with Gasteiger partial charge in [0, 0.05) is 13.1 Å². The van der Waals surface area contributed by atoms with E-state index >= 15 is 0 Å². The van der Waals surface area contributed by atoms with Gasteiger partial charge in [0.25, 0.3) is 0 Å². The van der Waals surface area contributed by atoms with E-state index in [1.165, 1.54) is 0 Å². The van der Waals surface area contributed by atoms with Crippen molar-refractivity contribution in [2.75, 3.05) is 25.0 Å². The topological polar surface area (TPSA) is 32.3 Å². The second-order valence-electron chi connectivity index (χ2n) is 4.33. The third-order valence-electron chi connectivity index (χ3n) is 2.72. The molecule has 19 heavy (non-hydrogen) atoms. The Hall–Kier alpha value is -0.930. The third kappa shape index (κ3) is 4.92. The van der Waals surface area contributed by atoms with Gasteiger partial charge in [-0.05, 0) is 25.0 Å². The molecule has 1 N–H and O–H groups in total. The van der Waals surface area contributed by atoms with E-state index in [2.05, 4.69) is 19.2 Å². The highest BCUT2D eigenvalue weighted by atomic mass is 35.5. The van der Waals surface area contributed by atoms with Crippen molar-refractivity contribution in [2.24, 2.45) is 0 Å². The second kappa shape index (κ2) is 8.28. The van der Waals surface area contributed by atoms with Gasteiger partial charge in [-0.25, -0.2) is 0 Å². The number of hydrogen-bond acceptors (Lipinski definition) is 2. The maximum Gasteiger partial charge on any atom is 0.241 e. The number of hydrogen-bond donors (Lipinski definition) is 1. The minimum atomic E-state index is 0.0692. The van der Waals surface area contributed by atoms with Crippen LogP contribution < -0.4 is 5.32 Å². The van der Waals surface area contributed by atoms with Crippen LogP contribution in [0.2, 0.25) is 10.0 Å². The van der Waals surface area contributed by atoms with Crippen LogP contribution in [0.4, 0.5) is 5.69 Å².